The van der Waals surface area contributed by atoms with Gasteiger partial charge in [0, 0.05) is 42.2 Å². The van der Waals surface area contributed by atoms with Crippen LogP contribution in [-0.2, 0) is 24.2 Å². The molecule has 0 unspecified atom stereocenters. The molecule has 7 heteroatoms. The molecule has 198 valence electrons. The second-order valence-corrected chi connectivity index (χ2v) is 10.6. The molecule has 0 atom stereocenters. The van der Waals surface area contributed by atoms with Crippen molar-refractivity contribution in [3.8, 4) is 11.1 Å². The van der Waals surface area contributed by atoms with Gasteiger partial charge in [-0.25, -0.2) is 0 Å². The Morgan fingerprint density at radius 1 is 0.795 bits per heavy atom. The van der Waals surface area contributed by atoms with Crippen LogP contribution in [0.25, 0.3) is 11.1 Å². The minimum absolute atomic E-state index is 0.0669. The van der Waals surface area contributed by atoms with Gasteiger partial charge in [-0.1, -0.05) is 66.7 Å². The number of carbonyl (C=O) groups is 3. The maximum Gasteiger partial charge on any atom is 0.305 e. The van der Waals surface area contributed by atoms with Gasteiger partial charge in [0.25, 0.3) is 11.8 Å². The first-order valence-corrected chi connectivity index (χ1v) is 14.0. The number of nitrogens with zero attached hydrogens (tertiary/aromatic N) is 2. The van der Waals surface area contributed by atoms with E-state index in [0.29, 0.717) is 48.3 Å². The van der Waals surface area contributed by atoms with Crippen molar-refractivity contribution < 1.29 is 19.5 Å². The number of carboxylic acids is 1. The lowest BCUT2D eigenvalue weighted by Crippen LogP contribution is -2.36. The molecule has 3 aromatic carbocycles. The van der Waals surface area contributed by atoms with Crippen LogP contribution in [0.2, 0.25) is 0 Å². The molecule has 1 aliphatic heterocycles. The van der Waals surface area contributed by atoms with Crippen molar-refractivity contribution in [2.45, 2.75) is 25.8 Å². The van der Waals surface area contributed by atoms with Crippen molar-refractivity contribution in [1.82, 2.24) is 9.80 Å². The molecule has 0 fully saturated rings. The Labute approximate surface area is 232 Å². The third kappa shape index (κ3) is 6.10. The lowest BCUT2D eigenvalue weighted by atomic mass is 9.93. The fourth-order valence-corrected chi connectivity index (χ4v) is 5.76. The first-order valence-electron chi connectivity index (χ1n) is 13.1. The molecule has 0 saturated carbocycles. The Morgan fingerprint density at radius 3 is 2.18 bits per heavy atom. The molecule has 4 aromatic rings. The van der Waals surface area contributed by atoms with Gasteiger partial charge in [-0.3, -0.25) is 14.4 Å². The van der Waals surface area contributed by atoms with Crippen LogP contribution >= 0.6 is 11.3 Å². The molecule has 6 nitrogen and oxygen atoms in total. The summed E-state index contributed by atoms with van der Waals surface area (Å²) in [5, 5.41) is 11.3. The monoisotopic (exact) mass is 538 g/mol. The summed E-state index contributed by atoms with van der Waals surface area (Å²) in [6.07, 6.45) is 1.32. The first kappa shape index (κ1) is 26.4. The Hall–Kier alpha value is -4.23. The van der Waals surface area contributed by atoms with E-state index in [1.165, 1.54) is 5.56 Å². The van der Waals surface area contributed by atoms with Crippen LogP contribution in [-0.4, -0.2) is 52.3 Å². The molecule has 1 aliphatic rings. The predicted molar refractivity (Wildman–Crippen MR) is 153 cm³/mol. The highest BCUT2D eigenvalue weighted by Gasteiger charge is 2.26. The summed E-state index contributed by atoms with van der Waals surface area (Å²) in [5.41, 5.74) is 4.80. The van der Waals surface area contributed by atoms with Gasteiger partial charge < -0.3 is 14.9 Å². The van der Waals surface area contributed by atoms with Crippen LogP contribution in [0.15, 0.2) is 90.3 Å². The van der Waals surface area contributed by atoms with Gasteiger partial charge in [0.1, 0.15) is 0 Å². The quantitative estimate of drug-likeness (QED) is 0.293. The van der Waals surface area contributed by atoms with Crippen molar-refractivity contribution in [2.24, 2.45) is 0 Å². The van der Waals surface area contributed by atoms with Crippen molar-refractivity contribution in [2.75, 3.05) is 19.6 Å². The standard InChI is InChI=1S/C32H30N2O4S/c35-30(36)17-20-33(19-16-25-10-7-21-39-25)31(37)28-13-5-3-11-26(28)27-12-4-6-14-29(27)32(38)34-18-15-23-8-1-2-9-24(23)22-34/h1-14,21H,15-20,22H2,(H,35,36). The number of carboxylic acid groups (broad SMARTS) is 1. The van der Waals surface area contributed by atoms with Crippen molar-refractivity contribution in [3.63, 3.8) is 0 Å². The molecule has 0 radical (unpaired) electrons. The Morgan fingerprint density at radius 2 is 1.46 bits per heavy atom. The number of hydrogen-bond acceptors (Lipinski definition) is 4. The molecule has 0 bridgehead atoms. The fraction of sp³-hybridized carbons (Fsp3) is 0.219. The second-order valence-electron chi connectivity index (χ2n) is 9.60. The molecule has 2 heterocycles. The average molecular weight is 539 g/mol. The summed E-state index contributed by atoms with van der Waals surface area (Å²) >= 11 is 1.61. The molecule has 0 saturated heterocycles. The summed E-state index contributed by atoms with van der Waals surface area (Å²) in [5.74, 6) is -1.25. The summed E-state index contributed by atoms with van der Waals surface area (Å²) in [4.78, 5) is 43.6. The Bertz CT molecular complexity index is 1480. The maximum atomic E-state index is 13.9. The van der Waals surface area contributed by atoms with E-state index in [1.807, 2.05) is 70.9 Å². The highest BCUT2D eigenvalue weighted by molar-refractivity contribution is 7.09. The molecular weight excluding hydrogens is 508 g/mol. The SMILES string of the molecule is O=C(O)CCN(CCc1cccs1)C(=O)c1ccccc1-c1ccccc1C(=O)N1CCc2ccccc2C1. The van der Waals surface area contributed by atoms with Crippen molar-refractivity contribution in [3.05, 3.63) is 117 Å². The van der Waals surface area contributed by atoms with Crippen LogP contribution < -0.4 is 0 Å². The number of hydrogen-bond donors (Lipinski definition) is 1. The summed E-state index contributed by atoms with van der Waals surface area (Å²) in [7, 11) is 0. The van der Waals surface area contributed by atoms with Crippen molar-refractivity contribution in [1.29, 1.82) is 0 Å². The third-order valence-corrected chi connectivity index (χ3v) is 8.05. The van der Waals surface area contributed by atoms with Gasteiger partial charge in [-0.05, 0) is 58.7 Å². The minimum atomic E-state index is -0.948. The van der Waals surface area contributed by atoms with Crippen molar-refractivity contribution >= 4 is 29.1 Å². The molecular formula is C32H30N2O4S. The summed E-state index contributed by atoms with van der Waals surface area (Å²) in [6.45, 7) is 1.71. The third-order valence-electron chi connectivity index (χ3n) is 7.11. The van der Waals surface area contributed by atoms with Gasteiger partial charge in [-0.2, -0.15) is 0 Å². The highest BCUT2D eigenvalue weighted by Crippen LogP contribution is 2.30. The van der Waals surface area contributed by atoms with Crippen LogP contribution in [0, 0.1) is 0 Å². The molecule has 5 rings (SSSR count). The molecule has 39 heavy (non-hydrogen) atoms. The predicted octanol–water partition coefficient (Wildman–Crippen LogP) is 5.77. The van der Waals surface area contributed by atoms with Crippen LogP contribution in [0.4, 0.5) is 0 Å². The molecule has 1 N–H and O–H groups in total. The van der Waals surface area contributed by atoms with E-state index in [9.17, 15) is 19.5 Å². The molecule has 2 amide bonds. The molecule has 0 aliphatic carbocycles. The van der Waals surface area contributed by atoms with Crippen LogP contribution in [0.1, 0.15) is 43.1 Å². The zero-order chi connectivity index (χ0) is 27.2. The molecule has 0 spiro atoms. The number of thiophene rings is 1. The zero-order valence-electron chi connectivity index (χ0n) is 21.6. The minimum Gasteiger partial charge on any atom is -0.481 e. The van der Waals surface area contributed by atoms with E-state index in [-0.39, 0.29) is 24.8 Å². The molecule has 1 aromatic heterocycles. The van der Waals surface area contributed by atoms with Crippen LogP contribution in [0.3, 0.4) is 0 Å². The average Bonchev–Trinajstić information content (AvgIpc) is 3.50. The number of aliphatic carboxylic acids is 1. The van der Waals surface area contributed by atoms with E-state index < -0.39 is 5.97 Å². The number of benzene rings is 3. The lowest BCUT2D eigenvalue weighted by Gasteiger charge is -2.30. The van der Waals surface area contributed by atoms with E-state index in [4.69, 9.17) is 0 Å². The Balaban J connectivity index is 1.44. The number of carbonyl (C=O) groups excluding carboxylic acids is 2. The lowest BCUT2D eigenvalue weighted by molar-refractivity contribution is -0.137. The van der Waals surface area contributed by atoms with E-state index in [2.05, 4.69) is 12.1 Å². The summed E-state index contributed by atoms with van der Waals surface area (Å²) in [6, 6.07) is 26.9. The largest absolute Gasteiger partial charge is 0.481 e. The van der Waals surface area contributed by atoms with Gasteiger partial charge in [0.05, 0.1) is 6.42 Å². The van der Waals surface area contributed by atoms with E-state index in [0.717, 1.165) is 16.9 Å². The first-order chi connectivity index (χ1) is 19.0. The van der Waals surface area contributed by atoms with Gasteiger partial charge in [0.2, 0.25) is 0 Å². The normalized spacial score (nSPS) is 12.6. The number of fused-ring (bicyclic) bond motifs is 1. The smallest absolute Gasteiger partial charge is 0.305 e. The van der Waals surface area contributed by atoms with E-state index in [1.54, 1.807) is 28.4 Å². The number of rotatable bonds is 9. The highest BCUT2D eigenvalue weighted by atomic mass is 32.1. The fourth-order valence-electron chi connectivity index (χ4n) is 5.06. The zero-order valence-corrected chi connectivity index (χ0v) is 22.4. The van der Waals surface area contributed by atoms with E-state index >= 15 is 0 Å². The second kappa shape index (κ2) is 12.1. The maximum absolute atomic E-state index is 13.9. The topological polar surface area (TPSA) is 77.9 Å². The van der Waals surface area contributed by atoms with Gasteiger partial charge in [0.15, 0.2) is 0 Å². The summed E-state index contributed by atoms with van der Waals surface area (Å²) < 4.78 is 0. The van der Waals surface area contributed by atoms with Gasteiger partial charge in [-0.15, -0.1) is 11.3 Å². The van der Waals surface area contributed by atoms with Gasteiger partial charge >= 0.3 is 5.97 Å². The number of amides is 2. The Kier molecular flexibility index (Phi) is 8.18. The van der Waals surface area contributed by atoms with Crippen LogP contribution in [0.5, 0.6) is 0 Å².